The highest BCUT2D eigenvalue weighted by Crippen LogP contribution is 2.37. The van der Waals surface area contributed by atoms with Crippen molar-refractivity contribution in [1.29, 1.82) is 0 Å². The lowest BCUT2D eigenvalue weighted by atomic mass is 10.0. The number of furan rings is 1. The Hall–Kier alpha value is -1.55. The van der Waals surface area contributed by atoms with E-state index in [1.807, 2.05) is 0 Å². The van der Waals surface area contributed by atoms with Gasteiger partial charge in [-0.3, -0.25) is 0 Å². The third kappa shape index (κ3) is 1.53. The van der Waals surface area contributed by atoms with Gasteiger partial charge in [-0.25, -0.2) is 0 Å². The molecule has 0 aliphatic heterocycles. The minimum Gasteiger partial charge on any atom is -0.455 e. The molecule has 1 heterocycles. The minimum atomic E-state index is 0.998. The zero-order valence-corrected chi connectivity index (χ0v) is 12.6. The van der Waals surface area contributed by atoms with Crippen molar-refractivity contribution in [3.05, 3.63) is 57.7 Å². The molecule has 92 valence electrons. The smallest absolute Gasteiger partial charge is 0.148 e. The predicted molar refractivity (Wildman–Crippen MR) is 88.7 cm³/mol. The standard InChI is InChI=1S/C17H11IO/c1-10-9-11-5-2-3-6-12(11)15-13-7-4-8-14(18)17(13)19-16(10)15/h2-9H,1H3. The van der Waals surface area contributed by atoms with Crippen molar-refractivity contribution < 1.29 is 4.42 Å². The largest absolute Gasteiger partial charge is 0.455 e. The zero-order valence-electron chi connectivity index (χ0n) is 10.4. The van der Waals surface area contributed by atoms with Crippen LogP contribution >= 0.6 is 22.6 Å². The Kier molecular flexibility index (Phi) is 2.36. The van der Waals surface area contributed by atoms with E-state index in [2.05, 4.69) is 78.0 Å². The summed E-state index contributed by atoms with van der Waals surface area (Å²) in [5, 5.41) is 4.99. The van der Waals surface area contributed by atoms with Gasteiger partial charge in [0.25, 0.3) is 0 Å². The molecule has 0 aliphatic rings. The van der Waals surface area contributed by atoms with Crippen LogP contribution in [-0.2, 0) is 0 Å². The van der Waals surface area contributed by atoms with Crippen molar-refractivity contribution in [3.63, 3.8) is 0 Å². The van der Waals surface area contributed by atoms with Crippen molar-refractivity contribution in [2.24, 2.45) is 0 Å². The second-order valence-corrected chi connectivity index (χ2v) is 6.00. The molecule has 0 saturated carbocycles. The van der Waals surface area contributed by atoms with Gasteiger partial charge in [-0.05, 0) is 58.0 Å². The molecule has 0 radical (unpaired) electrons. The van der Waals surface area contributed by atoms with Crippen molar-refractivity contribution in [1.82, 2.24) is 0 Å². The summed E-state index contributed by atoms with van der Waals surface area (Å²) in [6, 6.07) is 17.0. The van der Waals surface area contributed by atoms with E-state index in [0.29, 0.717) is 0 Å². The summed E-state index contributed by atoms with van der Waals surface area (Å²) < 4.78 is 7.28. The average Bonchev–Trinajstić information content (AvgIpc) is 2.81. The van der Waals surface area contributed by atoms with Crippen LogP contribution < -0.4 is 0 Å². The Morgan fingerprint density at radius 2 is 1.68 bits per heavy atom. The molecular weight excluding hydrogens is 347 g/mol. The van der Waals surface area contributed by atoms with Crippen LogP contribution in [0.3, 0.4) is 0 Å². The van der Waals surface area contributed by atoms with Gasteiger partial charge in [-0.2, -0.15) is 0 Å². The van der Waals surface area contributed by atoms with E-state index in [0.717, 1.165) is 14.7 Å². The fourth-order valence-electron chi connectivity index (χ4n) is 2.78. The lowest BCUT2D eigenvalue weighted by molar-refractivity contribution is 0.664. The van der Waals surface area contributed by atoms with Crippen LogP contribution in [0.1, 0.15) is 5.56 Å². The number of hydrogen-bond acceptors (Lipinski definition) is 1. The number of halogens is 1. The third-order valence-corrected chi connectivity index (χ3v) is 4.48. The molecule has 1 nitrogen and oxygen atoms in total. The van der Waals surface area contributed by atoms with Gasteiger partial charge >= 0.3 is 0 Å². The molecule has 4 aromatic rings. The van der Waals surface area contributed by atoms with Gasteiger partial charge in [-0.1, -0.05) is 36.4 Å². The number of rotatable bonds is 0. The summed E-state index contributed by atoms with van der Waals surface area (Å²) in [4.78, 5) is 0. The Balaban J connectivity index is 2.40. The third-order valence-electron chi connectivity index (χ3n) is 3.63. The molecule has 0 N–H and O–H groups in total. The number of hydrogen-bond donors (Lipinski definition) is 0. The van der Waals surface area contributed by atoms with Gasteiger partial charge in [0.05, 0.1) is 3.57 Å². The van der Waals surface area contributed by atoms with Crippen molar-refractivity contribution in [3.8, 4) is 0 Å². The molecule has 0 atom stereocenters. The van der Waals surface area contributed by atoms with Crippen molar-refractivity contribution in [2.45, 2.75) is 6.92 Å². The molecular formula is C17H11IO. The van der Waals surface area contributed by atoms with Crippen LogP contribution in [0.25, 0.3) is 32.7 Å². The van der Waals surface area contributed by atoms with Crippen LogP contribution in [0.5, 0.6) is 0 Å². The normalized spacial score (nSPS) is 11.7. The quantitative estimate of drug-likeness (QED) is 0.370. The van der Waals surface area contributed by atoms with E-state index in [1.165, 1.54) is 27.1 Å². The second-order valence-electron chi connectivity index (χ2n) is 4.84. The van der Waals surface area contributed by atoms with Gasteiger partial charge in [0.1, 0.15) is 11.2 Å². The molecule has 2 heteroatoms. The Morgan fingerprint density at radius 3 is 2.58 bits per heavy atom. The lowest BCUT2D eigenvalue weighted by Gasteiger charge is -2.01. The first-order valence-electron chi connectivity index (χ1n) is 6.25. The first-order valence-corrected chi connectivity index (χ1v) is 7.32. The van der Waals surface area contributed by atoms with E-state index in [4.69, 9.17) is 4.42 Å². The van der Waals surface area contributed by atoms with Crippen LogP contribution in [0.15, 0.2) is 52.9 Å². The summed E-state index contributed by atoms with van der Waals surface area (Å²) in [6.07, 6.45) is 0. The van der Waals surface area contributed by atoms with E-state index >= 15 is 0 Å². The van der Waals surface area contributed by atoms with Gasteiger partial charge in [0.15, 0.2) is 0 Å². The topological polar surface area (TPSA) is 13.1 Å². The maximum absolute atomic E-state index is 6.11. The molecule has 3 aromatic carbocycles. The molecule has 0 bridgehead atoms. The van der Waals surface area contributed by atoms with E-state index in [9.17, 15) is 0 Å². The molecule has 4 rings (SSSR count). The van der Waals surface area contributed by atoms with Gasteiger partial charge in [-0.15, -0.1) is 0 Å². The van der Waals surface area contributed by atoms with Gasteiger partial charge in [0, 0.05) is 10.8 Å². The fraction of sp³-hybridized carbons (Fsp3) is 0.0588. The molecule has 0 saturated heterocycles. The Bertz CT molecular complexity index is 934. The molecule has 1 aromatic heterocycles. The summed E-state index contributed by atoms with van der Waals surface area (Å²) in [5.41, 5.74) is 3.20. The van der Waals surface area contributed by atoms with Crippen LogP contribution in [0.4, 0.5) is 0 Å². The predicted octanol–water partition coefficient (Wildman–Crippen LogP) is 5.65. The van der Waals surface area contributed by atoms with Gasteiger partial charge in [0.2, 0.25) is 0 Å². The molecule has 0 amide bonds. The van der Waals surface area contributed by atoms with E-state index in [-0.39, 0.29) is 0 Å². The number of para-hydroxylation sites is 1. The highest BCUT2D eigenvalue weighted by molar-refractivity contribution is 14.1. The Morgan fingerprint density at radius 1 is 0.895 bits per heavy atom. The fourth-order valence-corrected chi connectivity index (χ4v) is 3.39. The summed E-state index contributed by atoms with van der Waals surface area (Å²) in [7, 11) is 0. The minimum absolute atomic E-state index is 0.998. The Labute approximate surface area is 124 Å². The van der Waals surface area contributed by atoms with Crippen LogP contribution in [0, 0.1) is 10.5 Å². The molecule has 0 spiro atoms. The molecule has 0 fully saturated rings. The first kappa shape index (κ1) is 11.3. The molecule has 0 unspecified atom stereocenters. The maximum Gasteiger partial charge on any atom is 0.148 e. The van der Waals surface area contributed by atoms with Crippen LogP contribution in [0.2, 0.25) is 0 Å². The highest BCUT2D eigenvalue weighted by atomic mass is 127. The summed E-state index contributed by atoms with van der Waals surface area (Å²) >= 11 is 2.33. The highest BCUT2D eigenvalue weighted by Gasteiger charge is 2.14. The van der Waals surface area contributed by atoms with Gasteiger partial charge < -0.3 is 4.42 Å². The van der Waals surface area contributed by atoms with Crippen molar-refractivity contribution in [2.75, 3.05) is 0 Å². The van der Waals surface area contributed by atoms with E-state index in [1.54, 1.807) is 0 Å². The molecule has 19 heavy (non-hydrogen) atoms. The summed E-state index contributed by atoms with van der Waals surface area (Å²) in [5.74, 6) is 0. The monoisotopic (exact) mass is 358 g/mol. The summed E-state index contributed by atoms with van der Waals surface area (Å²) in [6.45, 7) is 2.12. The maximum atomic E-state index is 6.11. The lowest BCUT2D eigenvalue weighted by Crippen LogP contribution is -1.78. The SMILES string of the molecule is Cc1cc2ccccc2c2c1oc1c(I)cccc12. The number of fused-ring (bicyclic) bond motifs is 5. The zero-order chi connectivity index (χ0) is 13.0. The average molecular weight is 358 g/mol. The number of aryl methyl sites for hydroxylation is 1. The van der Waals surface area contributed by atoms with E-state index < -0.39 is 0 Å². The second kappa shape index (κ2) is 3.97. The van der Waals surface area contributed by atoms with Crippen molar-refractivity contribution >= 4 is 55.3 Å². The molecule has 0 aliphatic carbocycles. The van der Waals surface area contributed by atoms with Crippen LogP contribution in [-0.4, -0.2) is 0 Å². The number of benzene rings is 3. The first-order chi connectivity index (χ1) is 9.25.